The van der Waals surface area contributed by atoms with Crippen molar-refractivity contribution in [3.63, 3.8) is 0 Å². The Balaban J connectivity index is 2.89. The second-order valence-corrected chi connectivity index (χ2v) is 4.54. The van der Waals surface area contributed by atoms with Gasteiger partial charge in [-0.05, 0) is 33.2 Å². The first-order chi connectivity index (χ1) is 8.63. The third-order valence-electron chi connectivity index (χ3n) is 3.11. The van der Waals surface area contributed by atoms with Gasteiger partial charge in [0.05, 0.1) is 0 Å². The van der Waals surface area contributed by atoms with E-state index in [0.717, 1.165) is 43.1 Å². The van der Waals surface area contributed by atoms with Crippen LogP contribution in [-0.2, 0) is 11.3 Å². The van der Waals surface area contributed by atoms with Gasteiger partial charge < -0.3 is 10.1 Å². The first-order valence-electron chi connectivity index (χ1n) is 6.71. The molecule has 0 aromatic carbocycles. The van der Waals surface area contributed by atoms with Gasteiger partial charge in [-0.25, -0.2) is 9.97 Å². The van der Waals surface area contributed by atoms with Crippen LogP contribution in [0.25, 0.3) is 0 Å². The van der Waals surface area contributed by atoms with E-state index in [4.69, 9.17) is 4.74 Å². The maximum Gasteiger partial charge on any atom is 0.157 e. The number of nitrogens with zero attached hydrogens (tertiary/aromatic N) is 2. The molecular weight excluding hydrogens is 226 g/mol. The summed E-state index contributed by atoms with van der Waals surface area (Å²) in [5, 5.41) is 3.40. The van der Waals surface area contributed by atoms with Crippen LogP contribution in [0.15, 0.2) is 0 Å². The predicted octanol–water partition coefficient (Wildman–Crippen LogP) is 2.69. The summed E-state index contributed by atoms with van der Waals surface area (Å²) in [7, 11) is 1.71. The number of rotatable bonds is 7. The standard InChI is InChI=1S/C14H25N3O/c1-6-8-15-9-12-10(3)16-14(17-11(12)4)13(7-2)18-5/h13,15H,6-9H2,1-5H3. The van der Waals surface area contributed by atoms with E-state index in [-0.39, 0.29) is 6.10 Å². The third kappa shape index (κ3) is 3.75. The molecule has 0 bridgehead atoms. The van der Waals surface area contributed by atoms with E-state index in [1.807, 2.05) is 13.8 Å². The SMILES string of the molecule is CCCNCc1c(C)nc(C(CC)OC)nc1C. The number of ether oxygens (including phenoxy) is 1. The highest BCUT2D eigenvalue weighted by molar-refractivity contribution is 5.24. The lowest BCUT2D eigenvalue weighted by Gasteiger charge is -2.16. The van der Waals surface area contributed by atoms with Crippen LogP contribution in [0.1, 0.15) is 55.6 Å². The van der Waals surface area contributed by atoms with Gasteiger partial charge in [-0.3, -0.25) is 0 Å². The normalized spacial score (nSPS) is 12.7. The van der Waals surface area contributed by atoms with Crippen molar-refractivity contribution < 1.29 is 4.74 Å². The van der Waals surface area contributed by atoms with E-state index < -0.39 is 0 Å². The minimum absolute atomic E-state index is 0.0000472. The Kier molecular flexibility index (Phi) is 6.22. The third-order valence-corrected chi connectivity index (χ3v) is 3.11. The second-order valence-electron chi connectivity index (χ2n) is 4.54. The fourth-order valence-electron chi connectivity index (χ4n) is 2.01. The molecule has 18 heavy (non-hydrogen) atoms. The highest BCUT2D eigenvalue weighted by Gasteiger charge is 2.15. The maximum absolute atomic E-state index is 5.39. The summed E-state index contributed by atoms with van der Waals surface area (Å²) < 4.78 is 5.39. The fraction of sp³-hybridized carbons (Fsp3) is 0.714. The predicted molar refractivity (Wildman–Crippen MR) is 73.5 cm³/mol. The molecule has 0 aliphatic heterocycles. The van der Waals surface area contributed by atoms with Crippen molar-refractivity contribution in [2.45, 2.75) is 53.2 Å². The molecule has 1 heterocycles. The molecule has 0 saturated carbocycles. The van der Waals surface area contributed by atoms with E-state index in [0.29, 0.717) is 0 Å². The molecule has 1 aromatic rings. The molecule has 0 spiro atoms. The van der Waals surface area contributed by atoms with Crippen molar-refractivity contribution in [2.24, 2.45) is 0 Å². The first-order valence-corrected chi connectivity index (χ1v) is 6.71. The molecule has 0 amide bonds. The highest BCUT2D eigenvalue weighted by Crippen LogP contribution is 2.19. The number of methoxy groups -OCH3 is 1. The largest absolute Gasteiger partial charge is 0.373 e. The lowest BCUT2D eigenvalue weighted by atomic mass is 10.1. The van der Waals surface area contributed by atoms with Gasteiger partial charge >= 0.3 is 0 Å². The molecule has 0 aliphatic carbocycles. The summed E-state index contributed by atoms with van der Waals surface area (Å²) in [5.74, 6) is 0.800. The highest BCUT2D eigenvalue weighted by atomic mass is 16.5. The van der Waals surface area contributed by atoms with E-state index >= 15 is 0 Å². The van der Waals surface area contributed by atoms with Crippen LogP contribution in [0.3, 0.4) is 0 Å². The number of hydrogen-bond acceptors (Lipinski definition) is 4. The van der Waals surface area contributed by atoms with Crippen molar-refractivity contribution in [1.82, 2.24) is 15.3 Å². The quantitative estimate of drug-likeness (QED) is 0.757. The van der Waals surface area contributed by atoms with Crippen LogP contribution < -0.4 is 5.32 Å². The van der Waals surface area contributed by atoms with E-state index in [1.165, 1.54) is 5.56 Å². The summed E-state index contributed by atoms with van der Waals surface area (Å²) in [6.07, 6.45) is 2.03. The topological polar surface area (TPSA) is 47.0 Å². The van der Waals surface area contributed by atoms with Crippen LogP contribution >= 0.6 is 0 Å². The van der Waals surface area contributed by atoms with Gasteiger partial charge in [0.15, 0.2) is 5.82 Å². The number of aromatic nitrogens is 2. The Morgan fingerprint density at radius 3 is 2.22 bits per heavy atom. The van der Waals surface area contributed by atoms with Crippen LogP contribution in [-0.4, -0.2) is 23.6 Å². The van der Waals surface area contributed by atoms with E-state index in [2.05, 4.69) is 29.1 Å². The molecule has 0 fully saturated rings. The average Bonchev–Trinajstić information content (AvgIpc) is 2.34. The average molecular weight is 251 g/mol. The monoisotopic (exact) mass is 251 g/mol. The maximum atomic E-state index is 5.39. The van der Waals surface area contributed by atoms with Crippen LogP contribution in [0.4, 0.5) is 0 Å². The molecule has 4 nitrogen and oxygen atoms in total. The molecule has 1 aromatic heterocycles. The van der Waals surface area contributed by atoms with Crippen LogP contribution in [0, 0.1) is 13.8 Å². The number of aryl methyl sites for hydroxylation is 2. The van der Waals surface area contributed by atoms with Gasteiger partial charge in [-0.1, -0.05) is 13.8 Å². The fourth-order valence-corrected chi connectivity index (χ4v) is 2.01. The van der Waals surface area contributed by atoms with Crippen molar-refractivity contribution in [2.75, 3.05) is 13.7 Å². The van der Waals surface area contributed by atoms with Gasteiger partial charge in [-0.2, -0.15) is 0 Å². The molecule has 102 valence electrons. The molecule has 0 aliphatic rings. The molecule has 0 saturated heterocycles. The van der Waals surface area contributed by atoms with Crippen molar-refractivity contribution >= 4 is 0 Å². The van der Waals surface area contributed by atoms with Crippen molar-refractivity contribution in [3.05, 3.63) is 22.8 Å². The lowest BCUT2D eigenvalue weighted by molar-refractivity contribution is 0.0922. The molecule has 1 unspecified atom stereocenters. The number of hydrogen-bond donors (Lipinski definition) is 1. The van der Waals surface area contributed by atoms with Gasteiger partial charge in [0.25, 0.3) is 0 Å². The zero-order chi connectivity index (χ0) is 13.5. The summed E-state index contributed by atoms with van der Waals surface area (Å²) in [6, 6.07) is 0. The van der Waals surface area contributed by atoms with Gasteiger partial charge in [-0.15, -0.1) is 0 Å². The summed E-state index contributed by atoms with van der Waals surface area (Å²) in [5.41, 5.74) is 3.31. The van der Waals surface area contributed by atoms with Crippen molar-refractivity contribution in [1.29, 1.82) is 0 Å². The van der Waals surface area contributed by atoms with Gasteiger partial charge in [0, 0.05) is 30.6 Å². The van der Waals surface area contributed by atoms with E-state index in [9.17, 15) is 0 Å². The lowest BCUT2D eigenvalue weighted by Crippen LogP contribution is -2.18. The Morgan fingerprint density at radius 2 is 1.78 bits per heavy atom. The summed E-state index contributed by atoms with van der Waals surface area (Å²) >= 11 is 0. The molecule has 4 heteroatoms. The Hall–Kier alpha value is -1.00. The Morgan fingerprint density at radius 1 is 1.17 bits per heavy atom. The van der Waals surface area contributed by atoms with Gasteiger partial charge in [0.2, 0.25) is 0 Å². The zero-order valence-electron chi connectivity index (χ0n) is 12.2. The van der Waals surface area contributed by atoms with Crippen LogP contribution in [0.5, 0.6) is 0 Å². The van der Waals surface area contributed by atoms with Crippen molar-refractivity contribution in [3.8, 4) is 0 Å². The number of nitrogens with one attached hydrogen (secondary N) is 1. The first kappa shape index (κ1) is 15.1. The summed E-state index contributed by atoms with van der Waals surface area (Å²) in [4.78, 5) is 9.16. The Labute approximate surface area is 110 Å². The second kappa shape index (κ2) is 7.44. The Bertz CT molecular complexity index is 352. The zero-order valence-corrected chi connectivity index (χ0v) is 12.2. The minimum Gasteiger partial charge on any atom is -0.373 e. The van der Waals surface area contributed by atoms with Gasteiger partial charge in [0.1, 0.15) is 6.10 Å². The minimum atomic E-state index is 0.0000472. The van der Waals surface area contributed by atoms with Crippen LogP contribution in [0.2, 0.25) is 0 Å². The molecule has 1 N–H and O–H groups in total. The molecular formula is C14H25N3O. The smallest absolute Gasteiger partial charge is 0.157 e. The summed E-state index contributed by atoms with van der Waals surface area (Å²) in [6.45, 7) is 10.2. The molecule has 1 atom stereocenters. The molecule has 1 rings (SSSR count). The van der Waals surface area contributed by atoms with E-state index in [1.54, 1.807) is 7.11 Å². The molecule has 0 radical (unpaired) electrons.